The van der Waals surface area contributed by atoms with E-state index in [0.29, 0.717) is 11.7 Å². The summed E-state index contributed by atoms with van der Waals surface area (Å²) in [6, 6.07) is 0. The molecule has 0 N–H and O–H groups in total. The van der Waals surface area contributed by atoms with Gasteiger partial charge in [-0.3, -0.25) is 4.79 Å². The number of hydrogen-bond donors (Lipinski definition) is 0. The van der Waals surface area contributed by atoms with Gasteiger partial charge in [-0.25, -0.2) is 0 Å². The van der Waals surface area contributed by atoms with Gasteiger partial charge in [0.1, 0.15) is 5.78 Å². The number of fused-ring (bicyclic) bond motifs is 2. The molecular weight excluding hydrogens is 256 g/mol. The molecule has 1 fully saturated rings. The number of ketones is 1. The predicted molar refractivity (Wildman–Crippen MR) is 90.4 cm³/mol. The van der Waals surface area contributed by atoms with Crippen molar-refractivity contribution in [2.75, 3.05) is 0 Å². The molecule has 1 saturated carbocycles. The van der Waals surface area contributed by atoms with E-state index < -0.39 is 0 Å². The summed E-state index contributed by atoms with van der Waals surface area (Å²) in [6.07, 6.45) is 22.7. The SMILES string of the molecule is CCCCCCCCCCCC[C@]12C=CC[C@H](CC1)C2=O. The number of unbranched alkanes of at least 4 members (excludes halogenated alkanes) is 9. The average molecular weight is 290 g/mol. The van der Waals surface area contributed by atoms with Gasteiger partial charge < -0.3 is 0 Å². The molecule has 0 amide bonds. The molecule has 0 radical (unpaired) electrons. The molecule has 2 aliphatic rings. The second kappa shape index (κ2) is 8.76. The zero-order valence-electron chi connectivity index (χ0n) is 14.0. The third-order valence-corrected chi connectivity index (χ3v) is 5.63. The van der Waals surface area contributed by atoms with Crippen molar-refractivity contribution >= 4 is 5.78 Å². The van der Waals surface area contributed by atoms with Crippen LogP contribution < -0.4 is 0 Å². The van der Waals surface area contributed by atoms with Crippen LogP contribution in [0.4, 0.5) is 0 Å². The highest BCUT2D eigenvalue weighted by atomic mass is 16.1. The van der Waals surface area contributed by atoms with Crippen LogP contribution in [0.5, 0.6) is 0 Å². The average Bonchev–Trinajstić information content (AvgIpc) is 2.68. The van der Waals surface area contributed by atoms with Crippen molar-refractivity contribution in [3.63, 3.8) is 0 Å². The van der Waals surface area contributed by atoms with Crippen molar-refractivity contribution in [2.24, 2.45) is 11.3 Å². The van der Waals surface area contributed by atoms with Crippen LogP contribution in [-0.4, -0.2) is 5.78 Å². The van der Waals surface area contributed by atoms with E-state index in [-0.39, 0.29) is 5.41 Å². The van der Waals surface area contributed by atoms with Crippen molar-refractivity contribution < 1.29 is 4.79 Å². The monoisotopic (exact) mass is 290 g/mol. The van der Waals surface area contributed by atoms with Gasteiger partial charge in [0, 0.05) is 11.3 Å². The Kier molecular flexibility index (Phi) is 6.99. The summed E-state index contributed by atoms with van der Waals surface area (Å²) in [7, 11) is 0. The summed E-state index contributed by atoms with van der Waals surface area (Å²) in [5.41, 5.74) is -0.0247. The largest absolute Gasteiger partial charge is 0.298 e. The molecular formula is C20H34O. The number of hydrogen-bond acceptors (Lipinski definition) is 1. The van der Waals surface area contributed by atoms with Gasteiger partial charge in [0.2, 0.25) is 0 Å². The maximum Gasteiger partial charge on any atom is 0.146 e. The molecule has 0 unspecified atom stereocenters. The summed E-state index contributed by atoms with van der Waals surface area (Å²) in [4.78, 5) is 12.3. The molecule has 0 heterocycles. The lowest BCUT2D eigenvalue weighted by molar-refractivity contribution is -0.127. The molecule has 120 valence electrons. The third kappa shape index (κ3) is 4.69. The molecule has 0 saturated heterocycles. The molecule has 2 rings (SSSR count). The molecule has 0 spiro atoms. The van der Waals surface area contributed by atoms with Crippen LogP contribution in [0.25, 0.3) is 0 Å². The Balaban J connectivity index is 1.50. The van der Waals surface area contributed by atoms with E-state index in [2.05, 4.69) is 19.1 Å². The topological polar surface area (TPSA) is 17.1 Å². The van der Waals surface area contributed by atoms with Crippen molar-refractivity contribution in [2.45, 2.75) is 96.8 Å². The number of rotatable bonds is 11. The van der Waals surface area contributed by atoms with Crippen LogP contribution in [0.1, 0.15) is 96.8 Å². The van der Waals surface area contributed by atoms with Crippen molar-refractivity contribution in [1.29, 1.82) is 0 Å². The lowest BCUT2D eigenvalue weighted by atomic mass is 9.76. The Morgan fingerprint density at radius 1 is 1.00 bits per heavy atom. The van der Waals surface area contributed by atoms with Gasteiger partial charge in [-0.1, -0.05) is 83.3 Å². The normalized spacial score (nSPS) is 27.5. The molecule has 0 aromatic rings. The van der Waals surface area contributed by atoms with Crippen LogP contribution in [0.3, 0.4) is 0 Å². The fraction of sp³-hybridized carbons (Fsp3) is 0.850. The third-order valence-electron chi connectivity index (χ3n) is 5.63. The predicted octanol–water partition coefficient (Wildman–Crippen LogP) is 6.22. The van der Waals surface area contributed by atoms with Gasteiger partial charge in [0.15, 0.2) is 0 Å². The van der Waals surface area contributed by atoms with Gasteiger partial charge in [0.05, 0.1) is 0 Å². The molecule has 0 aromatic carbocycles. The first-order chi connectivity index (χ1) is 10.3. The van der Waals surface area contributed by atoms with Crippen LogP contribution in [0, 0.1) is 11.3 Å². The number of carbonyl (C=O) groups excluding carboxylic acids is 1. The van der Waals surface area contributed by atoms with Crippen LogP contribution in [-0.2, 0) is 4.79 Å². The van der Waals surface area contributed by atoms with Crippen molar-refractivity contribution in [1.82, 2.24) is 0 Å². The summed E-state index contributed by atoms with van der Waals surface area (Å²) < 4.78 is 0. The zero-order chi connectivity index (χ0) is 15.0. The summed E-state index contributed by atoms with van der Waals surface area (Å²) in [5, 5.41) is 0. The van der Waals surface area contributed by atoms with Crippen molar-refractivity contribution in [3.05, 3.63) is 12.2 Å². The van der Waals surface area contributed by atoms with E-state index in [1.807, 2.05) is 0 Å². The second-order valence-corrected chi connectivity index (χ2v) is 7.33. The first-order valence-electron chi connectivity index (χ1n) is 9.50. The zero-order valence-corrected chi connectivity index (χ0v) is 14.0. The first kappa shape index (κ1) is 16.8. The van der Waals surface area contributed by atoms with E-state index >= 15 is 0 Å². The standard InChI is InChI=1S/C20H34O/c1-2-3-4-5-6-7-8-9-10-11-15-20-16-12-13-18(14-17-20)19(20)21/h12,16,18H,2-11,13-15,17H2,1H3/t18-,20+/m1/s1. The quantitative estimate of drug-likeness (QED) is 0.326. The number of allylic oxidation sites excluding steroid dienone is 2. The highest BCUT2D eigenvalue weighted by molar-refractivity contribution is 5.92. The summed E-state index contributed by atoms with van der Waals surface area (Å²) in [5.74, 6) is 0.944. The van der Waals surface area contributed by atoms with Gasteiger partial charge in [0.25, 0.3) is 0 Å². The van der Waals surface area contributed by atoms with Gasteiger partial charge >= 0.3 is 0 Å². The molecule has 0 aromatic heterocycles. The van der Waals surface area contributed by atoms with E-state index in [0.717, 1.165) is 25.7 Å². The lowest BCUT2D eigenvalue weighted by Crippen LogP contribution is -2.29. The molecule has 2 aliphatic carbocycles. The molecule has 21 heavy (non-hydrogen) atoms. The van der Waals surface area contributed by atoms with E-state index in [4.69, 9.17) is 0 Å². The molecule has 0 aliphatic heterocycles. The molecule has 2 atom stereocenters. The minimum absolute atomic E-state index is 0.0247. The summed E-state index contributed by atoms with van der Waals surface area (Å²) >= 11 is 0. The molecule has 1 heteroatoms. The van der Waals surface area contributed by atoms with Crippen molar-refractivity contribution in [3.8, 4) is 0 Å². The minimum atomic E-state index is -0.0247. The van der Waals surface area contributed by atoms with E-state index in [9.17, 15) is 4.79 Å². The van der Waals surface area contributed by atoms with Gasteiger partial charge in [-0.15, -0.1) is 0 Å². The number of carbonyl (C=O) groups is 1. The Bertz CT molecular complexity index is 344. The fourth-order valence-corrected chi connectivity index (χ4v) is 4.20. The van der Waals surface area contributed by atoms with E-state index in [1.165, 1.54) is 64.2 Å². The molecule has 1 nitrogen and oxygen atoms in total. The Morgan fingerprint density at radius 2 is 1.62 bits per heavy atom. The summed E-state index contributed by atoms with van der Waals surface area (Å²) in [6.45, 7) is 2.28. The highest BCUT2D eigenvalue weighted by Gasteiger charge is 2.46. The molecule has 2 bridgehead atoms. The maximum absolute atomic E-state index is 12.3. The van der Waals surface area contributed by atoms with Crippen LogP contribution in [0.15, 0.2) is 12.2 Å². The fourth-order valence-electron chi connectivity index (χ4n) is 4.20. The van der Waals surface area contributed by atoms with Gasteiger partial charge in [-0.05, 0) is 25.7 Å². The first-order valence-corrected chi connectivity index (χ1v) is 9.50. The Morgan fingerprint density at radius 3 is 2.29 bits per heavy atom. The Hall–Kier alpha value is -0.590. The highest BCUT2D eigenvalue weighted by Crippen LogP contribution is 2.47. The van der Waals surface area contributed by atoms with E-state index in [1.54, 1.807) is 0 Å². The number of Topliss-reactive ketones (excluding diaryl/α,β-unsaturated/α-hetero) is 1. The maximum atomic E-state index is 12.3. The smallest absolute Gasteiger partial charge is 0.146 e. The van der Waals surface area contributed by atoms with Crippen LogP contribution >= 0.6 is 0 Å². The van der Waals surface area contributed by atoms with Gasteiger partial charge in [-0.2, -0.15) is 0 Å². The van der Waals surface area contributed by atoms with Crippen LogP contribution in [0.2, 0.25) is 0 Å². The second-order valence-electron chi connectivity index (χ2n) is 7.33. The lowest BCUT2D eigenvalue weighted by Gasteiger charge is -2.27. The minimum Gasteiger partial charge on any atom is -0.298 e. The Labute approximate surface area is 131 Å².